The Kier molecular flexibility index (Phi) is 4.58. The number of imidazole rings is 1. The normalized spacial score (nSPS) is 15.3. The summed E-state index contributed by atoms with van der Waals surface area (Å²) >= 11 is 0. The molecular formula is C22H27N3O. The molecule has 1 aliphatic carbocycles. The zero-order chi connectivity index (χ0) is 18.1. The number of hydrogen-bond donors (Lipinski definition) is 1. The molecule has 4 nitrogen and oxygen atoms in total. The molecule has 0 radical (unpaired) electrons. The van der Waals surface area contributed by atoms with Gasteiger partial charge < -0.3 is 10.1 Å². The van der Waals surface area contributed by atoms with Crippen molar-refractivity contribution in [3.63, 3.8) is 0 Å². The van der Waals surface area contributed by atoms with E-state index in [2.05, 4.69) is 41.8 Å². The molecule has 1 fully saturated rings. The van der Waals surface area contributed by atoms with Crippen LogP contribution in [0.2, 0.25) is 0 Å². The predicted molar refractivity (Wildman–Crippen MR) is 107 cm³/mol. The van der Waals surface area contributed by atoms with Gasteiger partial charge in [0.05, 0.1) is 7.11 Å². The molecule has 0 amide bonds. The molecule has 1 aliphatic rings. The molecule has 0 saturated heterocycles. The fourth-order valence-electron chi connectivity index (χ4n) is 4.13. The first-order chi connectivity index (χ1) is 12.7. The summed E-state index contributed by atoms with van der Waals surface area (Å²) in [6.45, 7) is 4.28. The van der Waals surface area contributed by atoms with Crippen molar-refractivity contribution in [2.24, 2.45) is 0 Å². The fraction of sp³-hybridized carbons (Fsp3) is 0.409. The SMILES string of the molecule is COc1ccccc1-c1nc2cc(C)cc(C)n2c1NC1CCCCC1. The maximum absolute atomic E-state index is 5.62. The lowest BCUT2D eigenvalue weighted by molar-refractivity contribution is 0.416. The van der Waals surface area contributed by atoms with Crippen molar-refractivity contribution in [2.45, 2.75) is 52.0 Å². The van der Waals surface area contributed by atoms with E-state index in [0.29, 0.717) is 6.04 Å². The van der Waals surface area contributed by atoms with Crippen molar-refractivity contribution >= 4 is 11.5 Å². The van der Waals surface area contributed by atoms with Crippen molar-refractivity contribution in [3.8, 4) is 17.0 Å². The molecule has 2 aromatic heterocycles. The van der Waals surface area contributed by atoms with E-state index in [4.69, 9.17) is 9.72 Å². The summed E-state index contributed by atoms with van der Waals surface area (Å²) in [4.78, 5) is 5.00. The molecule has 0 atom stereocenters. The number of ether oxygens (including phenoxy) is 1. The number of fused-ring (bicyclic) bond motifs is 1. The first-order valence-corrected chi connectivity index (χ1v) is 9.57. The van der Waals surface area contributed by atoms with Gasteiger partial charge in [0.15, 0.2) is 0 Å². The van der Waals surface area contributed by atoms with Crippen LogP contribution in [0.1, 0.15) is 43.4 Å². The van der Waals surface area contributed by atoms with Crippen molar-refractivity contribution in [2.75, 3.05) is 12.4 Å². The summed E-state index contributed by atoms with van der Waals surface area (Å²) in [5.74, 6) is 1.95. The van der Waals surface area contributed by atoms with E-state index in [9.17, 15) is 0 Å². The predicted octanol–water partition coefficient (Wildman–Crippen LogP) is 5.37. The van der Waals surface area contributed by atoms with E-state index in [1.165, 1.54) is 43.4 Å². The van der Waals surface area contributed by atoms with Gasteiger partial charge in [-0.3, -0.25) is 4.40 Å². The van der Waals surface area contributed by atoms with E-state index >= 15 is 0 Å². The minimum atomic E-state index is 0.512. The molecule has 1 aromatic carbocycles. The monoisotopic (exact) mass is 349 g/mol. The highest BCUT2D eigenvalue weighted by molar-refractivity contribution is 5.80. The Balaban J connectivity index is 1.90. The fourth-order valence-corrected chi connectivity index (χ4v) is 4.13. The van der Waals surface area contributed by atoms with Crippen LogP contribution in [0.3, 0.4) is 0 Å². The Labute approximate surface area is 155 Å². The first kappa shape index (κ1) is 17.0. The molecule has 4 rings (SSSR count). The van der Waals surface area contributed by atoms with E-state index in [0.717, 1.165) is 28.5 Å². The topological polar surface area (TPSA) is 38.6 Å². The van der Waals surface area contributed by atoms with Gasteiger partial charge in [-0.25, -0.2) is 4.98 Å². The van der Waals surface area contributed by atoms with Gasteiger partial charge in [-0.15, -0.1) is 0 Å². The summed E-state index contributed by atoms with van der Waals surface area (Å²) in [6.07, 6.45) is 6.41. The van der Waals surface area contributed by atoms with Crippen LogP contribution < -0.4 is 10.1 Å². The average Bonchev–Trinajstić information content (AvgIpc) is 3.00. The van der Waals surface area contributed by atoms with Gasteiger partial charge in [0.25, 0.3) is 0 Å². The number of nitrogens with one attached hydrogen (secondary N) is 1. The number of anilines is 1. The molecule has 1 saturated carbocycles. The van der Waals surface area contributed by atoms with E-state index < -0.39 is 0 Å². The number of benzene rings is 1. The molecule has 4 heteroatoms. The molecule has 136 valence electrons. The van der Waals surface area contributed by atoms with Crippen molar-refractivity contribution in [3.05, 3.63) is 47.7 Å². The molecule has 0 unspecified atom stereocenters. The minimum absolute atomic E-state index is 0.512. The minimum Gasteiger partial charge on any atom is -0.496 e. The van der Waals surface area contributed by atoms with Crippen molar-refractivity contribution < 1.29 is 4.74 Å². The lowest BCUT2D eigenvalue weighted by Gasteiger charge is -2.24. The summed E-state index contributed by atoms with van der Waals surface area (Å²) in [7, 11) is 1.72. The molecule has 0 bridgehead atoms. The van der Waals surface area contributed by atoms with Gasteiger partial charge in [-0.2, -0.15) is 0 Å². The second-order valence-corrected chi connectivity index (χ2v) is 7.36. The zero-order valence-corrected chi connectivity index (χ0v) is 15.9. The van der Waals surface area contributed by atoms with Gasteiger partial charge in [-0.05, 0) is 56.5 Å². The van der Waals surface area contributed by atoms with Gasteiger partial charge in [0.2, 0.25) is 0 Å². The molecular weight excluding hydrogens is 322 g/mol. The number of aryl methyl sites for hydroxylation is 2. The largest absolute Gasteiger partial charge is 0.496 e. The van der Waals surface area contributed by atoms with E-state index in [1.807, 2.05) is 18.2 Å². The summed E-state index contributed by atoms with van der Waals surface area (Å²) in [6, 6.07) is 13.0. The van der Waals surface area contributed by atoms with E-state index in [-0.39, 0.29) is 0 Å². The first-order valence-electron chi connectivity index (χ1n) is 9.57. The molecule has 26 heavy (non-hydrogen) atoms. The van der Waals surface area contributed by atoms with Gasteiger partial charge in [0, 0.05) is 17.3 Å². The number of para-hydroxylation sites is 1. The number of hydrogen-bond acceptors (Lipinski definition) is 3. The molecule has 0 spiro atoms. The number of pyridine rings is 1. The zero-order valence-electron chi connectivity index (χ0n) is 15.9. The highest BCUT2D eigenvalue weighted by atomic mass is 16.5. The van der Waals surface area contributed by atoms with E-state index in [1.54, 1.807) is 7.11 Å². The van der Waals surface area contributed by atoms with Crippen LogP contribution in [0.15, 0.2) is 36.4 Å². The Morgan fingerprint density at radius 2 is 1.85 bits per heavy atom. The van der Waals surface area contributed by atoms with Crippen molar-refractivity contribution in [1.82, 2.24) is 9.38 Å². The third kappa shape index (κ3) is 3.05. The second-order valence-electron chi connectivity index (χ2n) is 7.36. The Morgan fingerprint density at radius 1 is 1.08 bits per heavy atom. The second kappa shape index (κ2) is 7.02. The Hall–Kier alpha value is -2.49. The lowest BCUT2D eigenvalue weighted by atomic mass is 9.95. The summed E-state index contributed by atoms with van der Waals surface area (Å²) < 4.78 is 7.87. The van der Waals surface area contributed by atoms with Crippen LogP contribution in [-0.2, 0) is 0 Å². The van der Waals surface area contributed by atoms with Crippen LogP contribution in [0, 0.1) is 13.8 Å². The third-order valence-electron chi connectivity index (χ3n) is 5.36. The van der Waals surface area contributed by atoms with Gasteiger partial charge >= 0.3 is 0 Å². The Bertz CT molecular complexity index is 923. The van der Waals surface area contributed by atoms with Crippen LogP contribution in [0.25, 0.3) is 16.9 Å². The summed E-state index contributed by atoms with van der Waals surface area (Å²) in [5, 5.41) is 3.83. The van der Waals surface area contributed by atoms with Crippen LogP contribution in [0.4, 0.5) is 5.82 Å². The quantitative estimate of drug-likeness (QED) is 0.688. The lowest BCUT2D eigenvalue weighted by Crippen LogP contribution is -2.23. The molecule has 1 N–H and O–H groups in total. The standard InChI is InChI=1S/C22H27N3O/c1-15-13-16(2)25-20(14-15)24-21(18-11-7-8-12-19(18)26-3)22(25)23-17-9-5-4-6-10-17/h7-8,11-14,17,23H,4-6,9-10H2,1-3H3. The highest BCUT2D eigenvalue weighted by Crippen LogP contribution is 2.37. The molecule has 3 aromatic rings. The summed E-state index contributed by atoms with van der Waals surface area (Å²) in [5.41, 5.74) is 5.43. The maximum Gasteiger partial charge on any atom is 0.139 e. The average molecular weight is 349 g/mol. The van der Waals surface area contributed by atoms with Crippen LogP contribution in [-0.4, -0.2) is 22.5 Å². The number of rotatable bonds is 4. The Morgan fingerprint density at radius 3 is 2.62 bits per heavy atom. The highest BCUT2D eigenvalue weighted by Gasteiger charge is 2.22. The van der Waals surface area contributed by atoms with Crippen LogP contribution in [0.5, 0.6) is 5.75 Å². The maximum atomic E-state index is 5.62. The number of methoxy groups -OCH3 is 1. The third-order valence-corrected chi connectivity index (χ3v) is 5.36. The number of nitrogens with zero attached hydrogens (tertiary/aromatic N) is 2. The van der Waals surface area contributed by atoms with Gasteiger partial charge in [-0.1, -0.05) is 31.4 Å². The van der Waals surface area contributed by atoms with Crippen LogP contribution >= 0.6 is 0 Å². The van der Waals surface area contributed by atoms with Crippen molar-refractivity contribution in [1.29, 1.82) is 0 Å². The smallest absolute Gasteiger partial charge is 0.139 e. The molecule has 0 aliphatic heterocycles. The van der Waals surface area contributed by atoms with Gasteiger partial charge in [0.1, 0.15) is 22.9 Å². The molecule has 2 heterocycles. The number of aromatic nitrogens is 2.